The zero-order chi connectivity index (χ0) is 16.5. The summed E-state index contributed by atoms with van der Waals surface area (Å²) >= 11 is 1.04. The van der Waals surface area contributed by atoms with Crippen LogP contribution < -0.4 is 10.5 Å². The predicted octanol–water partition coefficient (Wildman–Crippen LogP) is 2.95. The first-order valence-corrected chi connectivity index (χ1v) is 9.04. The number of nitrogens with one attached hydrogen (secondary N) is 1. The fourth-order valence-corrected chi connectivity index (χ4v) is 3.80. The lowest BCUT2D eigenvalue weighted by Crippen LogP contribution is -2.18. The number of hydrogen-bond donors (Lipinski definition) is 2. The lowest BCUT2D eigenvalue weighted by Gasteiger charge is -2.19. The number of nitrogens with two attached hydrogens (primary N) is 1. The minimum absolute atomic E-state index is 0.0249. The molecule has 1 aromatic heterocycles. The van der Waals surface area contributed by atoms with Crippen LogP contribution in [0.25, 0.3) is 0 Å². The van der Waals surface area contributed by atoms with Crippen molar-refractivity contribution in [2.45, 2.75) is 31.1 Å². The minimum atomic E-state index is -3.90. The van der Waals surface area contributed by atoms with Gasteiger partial charge in [0.2, 0.25) is 10.0 Å². The largest absolute Gasteiger partial charge is 0.321 e. The zero-order valence-corrected chi connectivity index (χ0v) is 14.2. The topological polar surface area (TPSA) is 89.3 Å². The Balaban J connectivity index is 2.22. The van der Waals surface area contributed by atoms with Crippen LogP contribution in [-0.2, 0) is 15.4 Å². The number of thiophene rings is 1. The number of benzene rings is 1. The molecule has 7 heteroatoms. The molecule has 0 saturated heterocycles. The summed E-state index contributed by atoms with van der Waals surface area (Å²) in [5.74, 6) is -0.484. The highest BCUT2D eigenvalue weighted by Gasteiger charge is 2.21. The second-order valence-corrected chi connectivity index (χ2v) is 8.39. The molecule has 1 aromatic carbocycles. The van der Waals surface area contributed by atoms with Crippen LogP contribution in [0, 0.1) is 0 Å². The van der Waals surface area contributed by atoms with Gasteiger partial charge in [0.25, 0.3) is 5.91 Å². The molecular weight excluding hydrogens is 320 g/mol. The third-order valence-corrected chi connectivity index (χ3v) is 5.15. The average Bonchev–Trinajstić information content (AvgIpc) is 2.87. The van der Waals surface area contributed by atoms with E-state index >= 15 is 0 Å². The molecular formula is C15H18N2O3S2. The maximum atomic E-state index is 12.2. The second kappa shape index (κ2) is 5.83. The van der Waals surface area contributed by atoms with Crippen molar-refractivity contribution in [1.29, 1.82) is 0 Å². The molecule has 0 saturated carbocycles. The Bertz CT molecular complexity index is 785. The Morgan fingerprint density at radius 1 is 1.14 bits per heavy atom. The van der Waals surface area contributed by atoms with Crippen LogP contribution in [0.4, 0.5) is 5.69 Å². The van der Waals surface area contributed by atoms with Crippen molar-refractivity contribution >= 4 is 33.0 Å². The van der Waals surface area contributed by atoms with Crippen molar-refractivity contribution < 1.29 is 13.2 Å². The summed E-state index contributed by atoms with van der Waals surface area (Å²) < 4.78 is 22.9. The van der Waals surface area contributed by atoms with Gasteiger partial charge in [-0.25, -0.2) is 13.6 Å². The minimum Gasteiger partial charge on any atom is -0.321 e. The van der Waals surface area contributed by atoms with Gasteiger partial charge >= 0.3 is 0 Å². The normalized spacial score (nSPS) is 12.2. The molecule has 0 aliphatic heterocycles. The van der Waals surface area contributed by atoms with Crippen LogP contribution in [0.2, 0.25) is 0 Å². The third kappa shape index (κ3) is 3.73. The summed E-state index contributed by atoms with van der Waals surface area (Å²) in [6, 6.07) is 8.79. The maximum Gasteiger partial charge on any atom is 0.267 e. The van der Waals surface area contributed by atoms with Crippen molar-refractivity contribution in [3.63, 3.8) is 0 Å². The molecule has 2 rings (SSSR count). The van der Waals surface area contributed by atoms with Gasteiger partial charge in [-0.1, -0.05) is 32.9 Å². The Kier molecular flexibility index (Phi) is 4.42. The lowest BCUT2D eigenvalue weighted by atomic mass is 9.87. The van der Waals surface area contributed by atoms with Gasteiger partial charge in [0.1, 0.15) is 9.77 Å². The monoisotopic (exact) mass is 338 g/mol. The molecule has 3 N–H and O–H groups in total. The fraction of sp³-hybridized carbons (Fsp3) is 0.267. The summed E-state index contributed by atoms with van der Waals surface area (Å²) in [6.07, 6.45) is 0. The molecule has 5 nitrogen and oxygen atoms in total. The smallest absolute Gasteiger partial charge is 0.267 e. The Hall–Kier alpha value is -1.70. The zero-order valence-electron chi connectivity index (χ0n) is 12.6. The van der Waals surface area contributed by atoms with E-state index in [9.17, 15) is 13.2 Å². The summed E-state index contributed by atoms with van der Waals surface area (Å²) in [4.78, 5) is 12.1. The van der Waals surface area contributed by atoms with Crippen LogP contribution in [0.15, 0.2) is 40.6 Å². The van der Waals surface area contributed by atoms with Crippen molar-refractivity contribution in [3.8, 4) is 0 Å². The van der Waals surface area contributed by atoms with E-state index < -0.39 is 15.9 Å². The Morgan fingerprint density at radius 2 is 1.73 bits per heavy atom. The van der Waals surface area contributed by atoms with E-state index in [1.807, 2.05) is 12.1 Å². The van der Waals surface area contributed by atoms with E-state index in [-0.39, 0.29) is 15.2 Å². The maximum absolute atomic E-state index is 12.2. The van der Waals surface area contributed by atoms with E-state index in [4.69, 9.17) is 5.14 Å². The highest BCUT2D eigenvalue weighted by Crippen LogP contribution is 2.25. The number of carbonyl (C=O) groups excluding carboxylic acids is 1. The number of primary sulfonamides is 1. The van der Waals surface area contributed by atoms with Crippen LogP contribution in [-0.4, -0.2) is 14.3 Å². The van der Waals surface area contributed by atoms with Crippen molar-refractivity contribution in [2.24, 2.45) is 5.14 Å². The first kappa shape index (κ1) is 16.7. The second-order valence-electron chi connectivity index (χ2n) is 5.94. The number of amides is 1. The van der Waals surface area contributed by atoms with E-state index in [2.05, 4.69) is 26.1 Å². The quantitative estimate of drug-likeness (QED) is 0.901. The number of rotatable bonds is 3. The van der Waals surface area contributed by atoms with Crippen LogP contribution >= 0.6 is 11.3 Å². The molecule has 22 heavy (non-hydrogen) atoms. The first-order valence-electron chi connectivity index (χ1n) is 6.61. The molecule has 1 heterocycles. The predicted molar refractivity (Wildman–Crippen MR) is 88.8 cm³/mol. The molecule has 118 valence electrons. The van der Waals surface area contributed by atoms with Crippen LogP contribution in [0.5, 0.6) is 0 Å². The van der Waals surface area contributed by atoms with Gasteiger partial charge in [0.05, 0.1) is 0 Å². The molecule has 0 unspecified atom stereocenters. The third-order valence-electron chi connectivity index (χ3n) is 3.15. The number of anilines is 1. The average molecular weight is 338 g/mol. The molecule has 0 aliphatic carbocycles. The molecule has 0 fully saturated rings. The Labute approximate surface area is 134 Å². The standard InChI is InChI=1S/C15H18N2O3S2/c1-15(2,3)10-4-6-11(7-5-10)17-14(18)13-12(8-9-21-13)22(16,19)20/h4-9H,1-3H3,(H,17,18)(H2,16,19,20). The highest BCUT2D eigenvalue weighted by atomic mass is 32.2. The molecule has 2 aromatic rings. The van der Waals surface area contributed by atoms with Gasteiger partial charge in [0, 0.05) is 5.69 Å². The summed E-state index contributed by atoms with van der Waals surface area (Å²) in [6.45, 7) is 6.31. The van der Waals surface area contributed by atoms with E-state index in [0.29, 0.717) is 5.69 Å². The number of sulfonamides is 1. The summed E-state index contributed by atoms with van der Waals surface area (Å²) in [7, 11) is -3.90. The molecule has 0 radical (unpaired) electrons. The van der Waals surface area contributed by atoms with Gasteiger partial charge in [-0.05, 0) is 34.6 Å². The van der Waals surface area contributed by atoms with Gasteiger partial charge in [-0.3, -0.25) is 4.79 Å². The number of carbonyl (C=O) groups is 1. The SMILES string of the molecule is CC(C)(C)c1ccc(NC(=O)c2sccc2S(N)(=O)=O)cc1. The van der Waals surface area contributed by atoms with Crippen molar-refractivity contribution in [1.82, 2.24) is 0 Å². The number of hydrogen-bond acceptors (Lipinski definition) is 4. The van der Waals surface area contributed by atoms with E-state index in [0.717, 1.165) is 16.9 Å². The van der Waals surface area contributed by atoms with Gasteiger partial charge in [0.15, 0.2) is 0 Å². The first-order chi connectivity index (χ1) is 10.1. The molecule has 0 bridgehead atoms. The van der Waals surface area contributed by atoms with Gasteiger partial charge < -0.3 is 5.32 Å². The highest BCUT2D eigenvalue weighted by molar-refractivity contribution is 7.89. The summed E-state index contributed by atoms with van der Waals surface area (Å²) in [5.41, 5.74) is 1.77. The lowest BCUT2D eigenvalue weighted by molar-refractivity contribution is 0.102. The molecule has 0 atom stereocenters. The molecule has 1 amide bonds. The fourth-order valence-electron chi connectivity index (χ4n) is 1.93. The van der Waals surface area contributed by atoms with Crippen molar-refractivity contribution in [3.05, 3.63) is 46.2 Å². The molecule has 0 spiro atoms. The van der Waals surface area contributed by atoms with E-state index in [1.54, 1.807) is 12.1 Å². The summed E-state index contributed by atoms with van der Waals surface area (Å²) in [5, 5.41) is 9.31. The molecule has 0 aliphatic rings. The van der Waals surface area contributed by atoms with Gasteiger partial charge in [-0.15, -0.1) is 11.3 Å². The van der Waals surface area contributed by atoms with Crippen LogP contribution in [0.3, 0.4) is 0 Å². The van der Waals surface area contributed by atoms with E-state index in [1.165, 1.54) is 11.4 Å². The Morgan fingerprint density at radius 3 is 2.23 bits per heavy atom. The van der Waals surface area contributed by atoms with Crippen molar-refractivity contribution in [2.75, 3.05) is 5.32 Å². The van der Waals surface area contributed by atoms with Gasteiger partial charge in [-0.2, -0.15) is 0 Å². The van der Waals surface area contributed by atoms with Crippen LogP contribution in [0.1, 0.15) is 36.0 Å².